The lowest BCUT2D eigenvalue weighted by Gasteiger charge is -2.31. The summed E-state index contributed by atoms with van der Waals surface area (Å²) in [5.41, 5.74) is 1.31. The van der Waals surface area contributed by atoms with Gasteiger partial charge in [0.1, 0.15) is 0 Å². The highest BCUT2D eigenvalue weighted by Crippen LogP contribution is 2.32. The van der Waals surface area contributed by atoms with Crippen molar-refractivity contribution in [3.05, 3.63) is 41.6 Å². The first-order valence-electron chi connectivity index (χ1n) is 8.51. The Morgan fingerprint density at radius 2 is 2.00 bits per heavy atom. The van der Waals surface area contributed by atoms with Gasteiger partial charge in [-0.05, 0) is 45.5 Å². The van der Waals surface area contributed by atoms with Crippen LogP contribution >= 0.6 is 11.8 Å². The molecule has 1 aromatic heterocycles. The molecule has 1 aliphatic rings. The Bertz CT molecular complexity index is 723. The van der Waals surface area contributed by atoms with Crippen molar-refractivity contribution < 1.29 is 9.21 Å². The van der Waals surface area contributed by atoms with E-state index >= 15 is 0 Å². The van der Waals surface area contributed by atoms with Crippen molar-refractivity contribution in [2.75, 3.05) is 27.2 Å². The molecule has 25 heavy (non-hydrogen) atoms. The minimum Gasteiger partial charge on any atom is -0.415 e. The molecular weight excluding hydrogens is 336 g/mol. The van der Waals surface area contributed by atoms with E-state index in [2.05, 4.69) is 41.4 Å². The van der Waals surface area contributed by atoms with Gasteiger partial charge < -0.3 is 14.2 Å². The largest absolute Gasteiger partial charge is 0.415 e. The van der Waals surface area contributed by atoms with E-state index in [0.29, 0.717) is 17.7 Å². The monoisotopic (exact) mass is 360 g/mol. The van der Waals surface area contributed by atoms with Gasteiger partial charge in [-0.15, -0.1) is 22.0 Å². The van der Waals surface area contributed by atoms with Gasteiger partial charge in [0.05, 0.1) is 6.54 Å². The van der Waals surface area contributed by atoms with Gasteiger partial charge in [0, 0.05) is 23.2 Å². The topological polar surface area (TPSA) is 62.5 Å². The summed E-state index contributed by atoms with van der Waals surface area (Å²) in [4.78, 5) is 17.6. The average molecular weight is 360 g/mol. The van der Waals surface area contributed by atoms with Gasteiger partial charge in [0.2, 0.25) is 5.89 Å². The number of thioether (sulfide) groups is 1. The van der Waals surface area contributed by atoms with Crippen LogP contribution in [0, 0.1) is 6.92 Å². The van der Waals surface area contributed by atoms with E-state index in [0.717, 1.165) is 25.9 Å². The predicted molar refractivity (Wildman–Crippen MR) is 97.7 cm³/mol. The first-order valence-corrected chi connectivity index (χ1v) is 9.39. The zero-order valence-corrected chi connectivity index (χ0v) is 15.8. The molecule has 2 heterocycles. The zero-order valence-electron chi connectivity index (χ0n) is 14.9. The van der Waals surface area contributed by atoms with Gasteiger partial charge in [-0.1, -0.05) is 18.2 Å². The Hall–Kier alpha value is -1.86. The summed E-state index contributed by atoms with van der Waals surface area (Å²) in [5.74, 6) is 0.414. The van der Waals surface area contributed by atoms with Crippen LogP contribution in [0.5, 0.6) is 0 Å². The molecule has 3 rings (SSSR count). The summed E-state index contributed by atoms with van der Waals surface area (Å²) in [6.45, 7) is 4.14. The summed E-state index contributed by atoms with van der Waals surface area (Å²) in [5, 5.41) is 8.38. The lowest BCUT2D eigenvalue weighted by atomic mass is 10.1. The molecule has 1 amide bonds. The molecule has 1 aliphatic heterocycles. The lowest BCUT2D eigenvalue weighted by molar-refractivity contribution is 0.0684. The molecular formula is C18H24N4O2S. The van der Waals surface area contributed by atoms with E-state index < -0.39 is 0 Å². The number of nitrogens with zero attached hydrogens (tertiary/aromatic N) is 4. The number of amides is 1. The van der Waals surface area contributed by atoms with E-state index in [1.807, 2.05) is 35.7 Å². The quantitative estimate of drug-likeness (QED) is 0.817. The summed E-state index contributed by atoms with van der Waals surface area (Å²) in [7, 11) is 3.84. The second-order valence-electron chi connectivity index (χ2n) is 6.61. The zero-order chi connectivity index (χ0) is 17.8. The number of piperidine rings is 1. The van der Waals surface area contributed by atoms with Crippen molar-refractivity contribution in [2.24, 2.45) is 0 Å². The maximum absolute atomic E-state index is 12.5. The maximum Gasteiger partial charge on any atom is 0.311 e. The van der Waals surface area contributed by atoms with Crippen LogP contribution in [0.25, 0.3) is 0 Å². The molecule has 1 aromatic carbocycles. The molecule has 0 saturated carbocycles. The first kappa shape index (κ1) is 17.9. The van der Waals surface area contributed by atoms with Gasteiger partial charge in [-0.25, -0.2) is 0 Å². The second-order valence-corrected chi connectivity index (χ2v) is 7.96. The third-order valence-corrected chi connectivity index (χ3v) is 5.73. The molecule has 6 nitrogen and oxygen atoms in total. The third-order valence-electron chi connectivity index (χ3n) is 4.22. The lowest BCUT2D eigenvalue weighted by Crippen LogP contribution is -2.39. The molecule has 0 bridgehead atoms. The van der Waals surface area contributed by atoms with Gasteiger partial charge in [-0.3, -0.25) is 4.79 Å². The van der Waals surface area contributed by atoms with Crippen molar-refractivity contribution in [1.29, 1.82) is 0 Å². The normalized spacial score (nSPS) is 15.8. The Morgan fingerprint density at radius 3 is 2.68 bits per heavy atom. The summed E-state index contributed by atoms with van der Waals surface area (Å²) in [6, 6.07) is 8.45. The van der Waals surface area contributed by atoms with Crippen molar-refractivity contribution in [3.63, 3.8) is 0 Å². The average Bonchev–Trinajstić information content (AvgIpc) is 3.05. The van der Waals surface area contributed by atoms with E-state index in [1.54, 1.807) is 0 Å². The molecule has 0 radical (unpaired) electrons. The van der Waals surface area contributed by atoms with Gasteiger partial charge in [0.25, 0.3) is 0 Å². The number of rotatable bonds is 5. The van der Waals surface area contributed by atoms with Crippen LogP contribution in [-0.4, -0.2) is 58.3 Å². The van der Waals surface area contributed by atoms with Crippen molar-refractivity contribution >= 4 is 17.7 Å². The van der Waals surface area contributed by atoms with Crippen LogP contribution in [0.4, 0.5) is 0 Å². The molecule has 0 atom stereocenters. The van der Waals surface area contributed by atoms with E-state index in [1.165, 1.54) is 10.5 Å². The number of aromatic nitrogens is 2. The molecule has 1 saturated heterocycles. The summed E-state index contributed by atoms with van der Waals surface area (Å²) in [6.07, 6.45) is 1.95. The molecule has 0 spiro atoms. The molecule has 0 aliphatic carbocycles. The minimum atomic E-state index is -0.156. The maximum atomic E-state index is 12.5. The predicted octanol–water partition coefficient (Wildman–Crippen LogP) is 2.84. The Labute approximate surface area is 152 Å². The fourth-order valence-corrected chi connectivity index (χ4v) is 4.07. The van der Waals surface area contributed by atoms with Crippen LogP contribution in [0.15, 0.2) is 33.6 Å². The highest BCUT2D eigenvalue weighted by Gasteiger charge is 2.27. The third kappa shape index (κ3) is 4.61. The number of hydrogen-bond acceptors (Lipinski definition) is 6. The van der Waals surface area contributed by atoms with Crippen LogP contribution in [0.3, 0.4) is 0 Å². The fraction of sp³-hybridized carbons (Fsp3) is 0.500. The first-order chi connectivity index (χ1) is 12.0. The van der Waals surface area contributed by atoms with Crippen LogP contribution < -0.4 is 0 Å². The molecule has 0 unspecified atom stereocenters. The van der Waals surface area contributed by atoms with E-state index in [9.17, 15) is 4.79 Å². The van der Waals surface area contributed by atoms with Gasteiger partial charge in [0.15, 0.2) is 0 Å². The smallest absolute Gasteiger partial charge is 0.311 e. The number of aryl methyl sites for hydroxylation is 1. The number of carbonyl (C=O) groups is 1. The van der Waals surface area contributed by atoms with E-state index in [-0.39, 0.29) is 11.8 Å². The number of hydrogen-bond donors (Lipinski definition) is 0. The van der Waals surface area contributed by atoms with Crippen LogP contribution in [0.1, 0.15) is 35.0 Å². The molecule has 2 aromatic rings. The summed E-state index contributed by atoms with van der Waals surface area (Å²) < 4.78 is 5.49. The Morgan fingerprint density at radius 1 is 1.28 bits per heavy atom. The second kappa shape index (κ2) is 8.01. The standard InChI is InChI=1S/C18H24N4O2S/c1-13-6-4-5-7-15(13)25-14-8-10-22(11-9-14)18(23)17-20-19-16(24-17)12-21(2)3/h4-7,14H,8-12H2,1-3H3. The SMILES string of the molecule is Cc1ccccc1SC1CCN(C(=O)c2nnc(CN(C)C)o2)CC1. The van der Waals surface area contributed by atoms with Gasteiger partial charge in [-0.2, -0.15) is 0 Å². The fourth-order valence-electron chi connectivity index (χ4n) is 2.85. The molecule has 7 heteroatoms. The number of likely N-dealkylation sites (tertiary alicyclic amines) is 1. The Balaban J connectivity index is 1.54. The van der Waals surface area contributed by atoms with Crippen molar-refractivity contribution in [3.8, 4) is 0 Å². The summed E-state index contributed by atoms with van der Waals surface area (Å²) >= 11 is 1.92. The molecule has 0 N–H and O–H groups in total. The van der Waals surface area contributed by atoms with Crippen molar-refractivity contribution in [2.45, 2.75) is 36.5 Å². The van der Waals surface area contributed by atoms with Crippen molar-refractivity contribution in [1.82, 2.24) is 20.0 Å². The highest BCUT2D eigenvalue weighted by molar-refractivity contribution is 8.00. The Kier molecular flexibility index (Phi) is 5.75. The van der Waals surface area contributed by atoms with Crippen LogP contribution in [0.2, 0.25) is 0 Å². The molecule has 1 fully saturated rings. The van der Waals surface area contributed by atoms with Crippen LogP contribution in [-0.2, 0) is 6.54 Å². The van der Waals surface area contributed by atoms with Gasteiger partial charge >= 0.3 is 11.8 Å². The minimum absolute atomic E-state index is 0.0989. The highest BCUT2D eigenvalue weighted by atomic mass is 32.2. The van der Waals surface area contributed by atoms with E-state index in [4.69, 9.17) is 4.42 Å². The number of benzene rings is 1. The molecule has 134 valence electrons. The number of carbonyl (C=O) groups excluding carboxylic acids is 1.